The summed E-state index contributed by atoms with van der Waals surface area (Å²) in [5.74, 6) is -0.0804. The van der Waals surface area contributed by atoms with Gasteiger partial charge in [0, 0.05) is 32.2 Å². The van der Waals surface area contributed by atoms with Gasteiger partial charge in [-0.25, -0.2) is 12.7 Å². The number of nitrogens with zero attached hydrogens (tertiary/aromatic N) is 1. The molecule has 0 fully saturated rings. The van der Waals surface area contributed by atoms with E-state index in [1.807, 2.05) is 12.1 Å². The Morgan fingerprint density at radius 2 is 1.86 bits per heavy atom. The molecule has 0 aliphatic heterocycles. The Kier molecular flexibility index (Phi) is 9.27. The van der Waals surface area contributed by atoms with Crippen LogP contribution in [0.4, 0.5) is 0 Å². The molecular formula is C14H24ClN3O3S. The second kappa shape index (κ2) is 9.78. The molecule has 8 heteroatoms. The number of nitrogens with one attached hydrogen (secondary N) is 1. The largest absolute Gasteiger partial charge is 0.352 e. The first-order chi connectivity index (χ1) is 9.90. The summed E-state index contributed by atoms with van der Waals surface area (Å²) in [6.45, 7) is 2.88. The van der Waals surface area contributed by atoms with Crippen LogP contribution in [0.2, 0.25) is 0 Å². The molecule has 1 aromatic carbocycles. The van der Waals surface area contributed by atoms with Crippen LogP contribution in [0.5, 0.6) is 0 Å². The van der Waals surface area contributed by atoms with Crippen LogP contribution in [-0.2, 0) is 16.6 Å². The van der Waals surface area contributed by atoms with E-state index >= 15 is 0 Å². The fourth-order valence-corrected chi connectivity index (χ4v) is 2.61. The van der Waals surface area contributed by atoms with Gasteiger partial charge in [0.2, 0.25) is 10.0 Å². The smallest absolute Gasteiger partial charge is 0.251 e. The lowest BCUT2D eigenvalue weighted by molar-refractivity contribution is 0.0953. The van der Waals surface area contributed by atoms with E-state index in [2.05, 4.69) is 5.32 Å². The van der Waals surface area contributed by atoms with Crippen molar-refractivity contribution in [1.29, 1.82) is 0 Å². The number of benzene rings is 1. The summed E-state index contributed by atoms with van der Waals surface area (Å²) in [6.07, 6.45) is 0.572. The quantitative estimate of drug-likeness (QED) is 0.684. The van der Waals surface area contributed by atoms with Crippen LogP contribution in [0.1, 0.15) is 29.3 Å². The first-order valence-electron chi connectivity index (χ1n) is 6.92. The minimum absolute atomic E-state index is 0. The van der Waals surface area contributed by atoms with Crippen molar-refractivity contribution in [2.45, 2.75) is 19.9 Å². The predicted molar refractivity (Wildman–Crippen MR) is 90.6 cm³/mol. The number of carbonyl (C=O) groups excluding carboxylic acids is 1. The molecule has 126 valence electrons. The number of amides is 1. The third-order valence-corrected chi connectivity index (χ3v) is 5.09. The highest BCUT2D eigenvalue weighted by Crippen LogP contribution is 2.04. The van der Waals surface area contributed by atoms with Crippen LogP contribution >= 0.6 is 12.4 Å². The molecular weight excluding hydrogens is 326 g/mol. The highest BCUT2D eigenvalue weighted by molar-refractivity contribution is 7.89. The molecule has 6 nitrogen and oxygen atoms in total. The highest BCUT2D eigenvalue weighted by Gasteiger charge is 2.14. The molecule has 0 aromatic heterocycles. The first kappa shape index (κ1) is 20.9. The van der Waals surface area contributed by atoms with Gasteiger partial charge in [0.05, 0.1) is 5.75 Å². The van der Waals surface area contributed by atoms with Crippen molar-refractivity contribution in [3.05, 3.63) is 35.4 Å². The van der Waals surface area contributed by atoms with Crippen LogP contribution in [0.3, 0.4) is 0 Å². The van der Waals surface area contributed by atoms with E-state index in [1.165, 1.54) is 4.31 Å². The van der Waals surface area contributed by atoms with Gasteiger partial charge in [0.25, 0.3) is 5.91 Å². The average molecular weight is 350 g/mol. The van der Waals surface area contributed by atoms with E-state index in [0.717, 1.165) is 5.56 Å². The van der Waals surface area contributed by atoms with Gasteiger partial charge < -0.3 is 11.1 Å². The highest BCUT2D eigenvalue weighted by atomic mass is 35.5. The third-order valence-electron chi connectivity index (χ3n) is 3.23. The van der Waals surface area contributed by atoms with Gasteiger partial charge in [0.15, 0.2) is 0 Å². The molecule has 0 aliphatic rings. The molecule has 0 radical (unpaired) electrons. The van der Waals surface area contributed by atoms with Gasteiger partial charge in [-0.15, -0.1) is 12.4 Å². The van der Waals surface area contributed by atoms with Crippen LogP contribution in [0.15, 0.2) is 24.3 Å². The van der Waals surface area contributed by atoms with Crippen molar-refractivity contribution in [2.75, 3.05) is 25.9 Å². The topological polar surface area (TPSA) is 92.5 Å². The van der Waals surface area contributed by atoms with Crippen molar-refractivity contribution >= 4 is 28.3 Å². The van der Waals surface area contributed by atoms with Crippen molar-refractivity contribution < 1.29 is 13.2 Å². The maximum Gasteiger partial charge on any atom is 0.251 e. The minimum Gasteiger partial charge on any atom is -0.352 e. The number of hydrogen-bond acceptors (Lipinski definition) is 4. The number of rotatable bonds is 8. The molecule has 0 saturated heterocycles. The summed E-state index contributed by atoms with van der Waals surface area (Å²) in [7, 11) is -1.60. The van der Waals surface area contributed by atoms with E-state index in [4.69, 9.17) is 5.73 Å². The van der Waals surface area contributed by atoms with Gasteiger partial charge in [0.1, 0.15) is 0 Å². The number of hydrogen-bond donors (Lipinski definition) is 2. The van der Waals surface area contributed by atoms with E-state index in [9.17, 15) is 13.2 Å². The van der Waals surface area contributed by atoms with Gasteiger partial charge in [-0.2, -0.15) is 0 Å². The number of carbonyl (C=O) groups is 1. The molecule has 0 spiro atoms. The van der Waals surface area contributed by atoms with Crippen LogP contribution in [-0.4, -0.2) is 44.5 Å². The summed E-state index contributed by atoms with van der Waals surface area (Å²) < 4.78 is 24.4. The zero-order chi connectivity index (χ0) is 15.9. The third kappa shape index (κ3) is 6.31. The molecule has 0 saturated carbocycles. The molecule has 22 heavy (non-hydrogen) atoms. The van der Waals surface area contributed by atoms with Crippen LogP contribution in [0, 0.1) is 0 Å². The maximum absolute atomic E-state index is 11.9. The summed E-state index contributed by atoms with van der Waals surface area (Å²) in [5, 5.41) is 2.77. The molecule has 0 bridgehead atoms. The molecule has 1 aromatic rings. The van der Waals surface area contributed by atoms with Crippen molar-refractivity contribution in [3.63, 3.8) is 0 Å². The van der Waals surface area contributed by atoms with E-state index in [0.29, 0.717) is 31.6 Å². The van der Waals surface area contributed by atoms with E-state index < -0.39 is 10.0 Å². The molecule has 0 unspecified atom stereocenters. The minimum atomic E-state index is -3.15. The Bertz CT molecular complexity index is 561. The van der Waals surface area contributed by atoms with Crippen molar-refractivity contribution in [1.82, 2.24) is 9.62 Å². The van der Waals surface area contributed by atoms with Gasteiger partial charge >= 0.3 is 0 Å². The fraction of sp³-hybridized carbons (Fsp3) is 0.500. The summed E-state index contributed by atoms with van der Waals surface area (Å²) >= 11 is 0. The summed E-state index contributed by atoms with van der Waals surface area (Å²) in [4.78, 5) is 11.9. The summed E-state index contributed by atoms with van der Waals surface area (Å²) in [5.41, 5.74) is 7.04. The van der Waals surface area contributed by atoms with Gasteiger partial charge in [-0.3, -0.25) is 4.79 Å². The molecule has 0 heterocycles. The second-order valence-electron chi connectivity index (χ2n) is 4.73. The molecule has 1 rings (SSSR count). The molecule has 0 aliphatic carbocycles. The molecule has 1 amide bonds. The van der Waals surface area contributed by atoms with Gasteiger partial charge in [-0.1, -0.05) is 12.1 Å². The monoisotopic (exact) mass is 349 g/mol. The first-order valence-corrected chi connectivity index (χ1v) is 8.53. The lowest BCUT2D eigenvalue weighted by Crippen LogP contribution is -2.32. The predicted octanol–water partition coefficient (Wildman–Crippen LogP) is 0.968. The zero-order valence-corrected chi connectivity index (χ0v) is 14.5. The standard InChI is InChI=1S/C14H23N3O3S.ClH/c1-3-21(19,20)17(2)10-4-9-16-14(18)13-7-5-12(11-15)6-8-13;/h5-8H,3-4,9-11,15H2,1-2H3,(H,16,18);1H. The lowest BCUT2D eigenvalue weighted by Gasteiger charge is -2.15. The molecule has 0 atom stereocenters. The number of halogens is 1. The maximum atomic E-state index is 11.9. The Labute approximate surface area is 138 Å². The Balaban J connectivity index is 0.00000441. The molecule has 3 N–H and O–H groups in total. The fourth-order valence-electron chi connectivity index (χ4n) is 1.76. The van der Waals surface area contributed by atoms with Crippen LogP contribution in [0.25, 0.3) is 0 Å². The van der Waals surface area contributed by atoms with Crippen molar-refractivity contribution in [3.8, 4) is 0 Å². The Morgan fingerprint density at radius 3 is 2.36 bits per heavy atom. The number of nitrogens with two attached hydrogens (primary N) is 1. The van der Waals surface area contributed by atoms with E-state index in [1.54, 1.807) is 26.1 Å². The zero-order valence-electron chi connectivity index (χ0n) is 12.9. The Morgan fingerprint density at radius 1 is 1.27 bits per heavy atom. The lowest BCUT2D eigenvalue weighted by atomic mass is 10.1. The average Bonchev–Trinajstić information content (AvgIpc) is 2.51. The van der Waals surface area contributed by atoms with Gasteiger partial charge in [-0.05, 0) is 31.0 Å². The SMILES string of the molecule is CCS(=O)(=O)N(C)CCCNC(=O)c1ccc(CN)cc1.Cl. The second-order valence-corrected chi connectivity index (χ2v) is 7.10. The Hall–Kier alpha value is -1.15. The van der Waals surface area contributed by atoms with E-state index in [-0.39, 0.29) is 24.1 Å². The summed E-state index contributed by atoms with van der Waals surface area (Å²) in [6, 6.07) is 7.09. The van der Waals surface area contributed by atoms with Crippen LogP contribution < -0.4 is 11.1 Å². The van der Waals surface area contributed by atoms with Crippen molar-refractivity contribution in [2.24, 2.45) is 5.73 Å². The normalized spacial score (nSPS) is 11.1. The number of sulfonamides is 1.